The van der Waals surface area contributed by atoms with E-state index in [0.29, 0.717) is 16.2 Å². The summed E-state index contributed by atoms with van der Waals surface area (Å²) in [7, 11) is 0. The van der Waals surface area contributed by atoms with E-state index in [0.717, 1.165) is 0 Å². The standard InChI is InChI=1S/C15H13NO5S/c1-22-13-7-6-12(20-13)14(17)19-9-8-16-10-4-2-3-5-11(10)21-15(16)18/h2-7H,8-9H2,1H3. The first kappa shape index (κ1) is 14.5. The van der Waals surface area contributed by atoms with Crippen LogP contribution in [0.5, 0.6) is 0 Å². The first-order valence-corrected chi connectivity index (χ1v) is 7.81. The number of nitrogens with zero attached hydrogens (tertiary/aromatic N) is 1. The molecule has 0 saturated carbocycles. The van der Waals surface area contributed by atoms with Gasteiger partial charge in [-0.1, -0.05) is 23.9 Å². The molecule has 0 bridgehead atoms. The van der Waals surface area contributed by atoms with Crippen LogP contribution in [0.2, 0.25) is 0 Å². The van der Waals surface area contributed by atoms with Gasteiger partial charge in [-0.15, -0.1) is 0 Å². The van der Waals surface area contributed by atoms with Crippen molar-refractivity contribution in [3.63, 3.8) is 0 Å². The van der Waals surface area contributed by atoms with Gasteiger partial charge in [-0.25, -0.2) is 9.59 Å². The highest BCUT2D eigenvalue weighted by atomic mass is 32.2. The molecule has 0 spiro atoms. The number of ether oxygens (including phenoxy) is 1. The Morgan fingerprint density at radius 1 is 1.23 bits per heavy atom. The summed E-state index contributed by atoms with van der Waals surface area (Å²) in [5, 5.41) is 0.643. The number of para-hydroxylation sites is 2. The molecule has 0 radical (unpaired) electrons. The van der Waals surface area contributed by atoms with Crippen molar-refractivity contribution < 1.29 is 18.4 Å². The molecule has 0 fully saturated rings. The number of benzene rings is 1. The minimum absolute atomic E-state index is 0.0531. The molecule has 114 valence electrons. The Morgan fingerprint density at radius 2 is 2.05 bits per heavy atom. The zero-order valence-corrected chi connectivity index (χ0v) is 12.6. The van der Waals surface area contributed by atoms with E-state index in [-0.39, 0.29) is 18.9 Å². The summed E-state index contributed by atoms with van der Waals surface area (Å²) in [6.45, 7) is 0.273. The lowest BCUT2D eigenvalue weighted by molar-refractivity contribution is 0.0448. The number of thioether (sulfide) groups is 1. The lowest BCUT2D eigenvalue weighted by atomic mass is 10.3. The summed E-state index contributed by atoms with van der Waals surface area (Å²) in [6, 6.07) is 10.4. The quantitative estimate of drug-likeness (QED) is 0.532. The highest BCUT2D eigenvalue weighted by Crippen LogP contribution is 2.18. The first-order chi connectivity index (χ1) is 10.7. The molecular weight excluding hydrogens is 306 g/mol. The van der Waals surface area contributed by atoms with Crippen molar-refractivity contribution in [2.24, 2.45) is 0 Å². The fraction of sp³-hybridized carbons (Fsp3) is 0.200. The van der Waals surface area contributed by atoms with Crippen molar-refractivity contribution in [2.75, 3.05) is 12.9 Å². The van der Waals surface area contributed by atoms with Gasteiger partial charge in [0.2, 0.25) is 5.76 Å². The van der Waals surface area contributed by atoms with Crippen LogP contribution in [0.3, 0.4) is 0 Å². The van der Waals surface area contributed by atoms with Gasteiger partial charge in [-0.2, -0.15) is 0 Å². The van der Waals surface area contributed by atoms with E-state index in [1.807, 2.05) is 12.3 Å². The predicted molar refractivity (Wildman–Crippen MR) is 81.2 cm³/mol. The maximum atomic E-state index is 11.8. The van der Waals surface area contributed by atoms with Crippen molar-refractivity contribution >= 4 is 28.8 Å². The number of oxazole rings is 1. The number of esters is 1. The molecule has 0 N–H and O–H groups in total. The molecule has 2 heterocycles. The van der Waals surface area contributed by atoms with Crippen LogP contribution in [-0.4, -0.2) is 23.4 Å². The average Bonchev–Trinajstić information content (AvgIpc) is 3.12. The second kappa shape index (κ2) is 6.15. The van der Waals surface area contributed by atoms with Gasteiger partial charge in [0.15, 0.2) is 10.7 Å². The fourth-order valence-electron chi connectivity index (χ4n) is 2.07. The molecule has 0 amide bonds. The molecule has 0 aliphatic carbocycles. The molecule has 0 atom stereocenters. The Bertz CT molecular complexity index is 860. The molecule has 0 saturated heterocycles. The zero-order chi connectivity index (χ0) is 15.5. The minimum atomic E-state index is -0.554. The average molecular weight is 319 g/mol. The monoisotopic (exact) mass is 319 g/mol. The van der Waals surface area contributed by atoms with Gasteiger partial charge in [0, 0.05) is 0 Å². The number of rotatable bonds is 5. The van der Waals surface area contributed by atoms with Gasteiger partial charge in [0.1, 0.15) is 6.61 Å². The third-order valence-corrected chi connectivity index (χ3v) is 3.73. The summed E-state index contributed by atoms with van der Waals surface area (Å²) in [6.07, 6.45) is 1.85. The second-order valence-corrected chi connectivity index (χ2v) is 5.26. The van der Waals surface area contributed by atoms with E-state index < -0.39 is 11.7 Å². The smallest absolute Gasteiger partial charge is 0.420 e. The second-order valence-electron chi connectivity index (χ2n) is 4.45. The Kier molecular flexibility index (Phi) is 4.06. The third kappa shape index (κ3) is 2.80. The number of hydrogen-bond acceptors (Lipinski definition) is 6. The minimum Gasteiger partial charge on any atom is -0.458 e. The number of hydrogen-bond donors (Lipinski definition) is 0. The largest absolute Gasteiger partial charge is 0.458 e. The molecule has 22 heavy (non-hydrogen) atoms. The van der Waals surface area contributed by atoms with Gasteiger partial charge in [-0.3, -0.25) is 4.57 Å². The number of furan rings is 1. The highest BCUT2D eigenvalue weighted by Gasteiger charge is 2.13. The number of carbonyl (C=O) groups excluding carboxylic acids is 1. The van der Waals surface area contributed by atoms with Crippen LogP contribution in [0.25, 0.3) is 11.1 Å². The normalized spacial score (nSPS) is 11.0. The van der Waals surface area contributed by atoms with Crippen LogP contribution in [0, 0.1) is 0 Å². The Balaban J connectivity index is 1.66. The molecular formula is C15H13NO5S. The van der Waals surface area contributed by atoms with Gasteiger partial charge in [0.05, 0.1) is 12.1 Å². The van der Waals surface area contributed by atoms with E-state index in [9.17, 15) is 9.59 Å². The van der Waals surface area contributed by atoms with Crippen molar-refractivity contribution in [3.05, 3.63) is 52.7 Å². The molecule has 2 aromatic heterocycles. The van der Waals surface area contributed by atoms with Gasteiger partial charge in [0.25, 0.3) is 0 Å². The zero-order valence-electron chi connectivity index (χ0n) is 11.8. The molecule has 1 aromatic carbocycles. The van der Waals surface area contributed by atoms with Crippen molar-refractivity contribution in [1.82, 2.24) is 4.57 Å². The van der Waals surface area contributed by atoms with Crippen molar-refractivity contribution in [3.8, 4) is 0 Å². The van der Waals surface area contributed by atoms with Crippen LogP contribution in [-0.2, 0) is 11.3 Å². The third-order valence-electron chi connectivity index (χ3n) is 3.11. The summed E-state index contributed by atoms with van der Waals surface area (Å²) >= 11 is 1.40. The molecule has 0 aliphatic heterocycles. The maximum Gasteiger partial charge on any atom is 0.420 e. The van der Waals surface area contributed by atoms with Crippen LogP contribution in [0.4, 0.5) is 0 Å². The van der Waals surface area contributed by atoms with Crippen molar-refractivity contribution in [1.29, 1.82) is 0 Å². The molecule has 3 rings (SSSR count). The molecule has 7 heteroatoms. The number of carbonyl (C=O) groups is 1. The van der Waals surface area contributed by atoms with Crippen LogP contribution in [0.1, 0.15) is 10.6 Å². The van der Waals surface area contributed by atoms with E-state index >= 15 is 0 Å². The number of fused-ring (bicyclic) bond motifs is 1. The van der Waals surface area contributed by atoms with E-state index in [2.05, 4.69) is 0 Å². The number of aromatic nitrogens is 1. The van der Waals surface area contributed by atoms with Crippen LogP contribution in [0.15, 0.2) is 55.1 Å². The fourth-order valence-corrected chi connectivity index (χ4v) is 2.44. The van der Waals surface area contributed by atoms with E-state index in [1.54, 1.807) is 30.3 Å². The van der Waals surface area contributed by atoms with Crippen LogP contribution < -0.4 is 5.76 Å². The SMILES string of the molecule is CSc1ccc(C(=O)OCCn2c(=O)oc3ccccc32)o1. The Morgan fingerprint density at radius 3 is 2.82 bits per heavy atom. The highest BCUT2D eigenvalue weighted by molar-refractivity contribution is 7.98. The molecule has 6 nitrogen and oxygen atoms in total. The summed E-state index contributed by atoms with van der Waals surface area (Å²) < 4.78 is 16.9. The lowest BCUT2D eigenvalue weighted by Crippen LogP contribution is -2.19. The maximum absolute atomic E-state index is 11.8. The summed E-state index contributed by atoms with van der Waals surface area (Å²) in [5.74, 6) is -0.880. The first-order valence-electron chi connectivity index (χ1n) is 6.58. The lowest BCUT2D eigenvalue weighted by Gasteiger charge is -2.03. The molecule has 0 aliphatic rings. The molecule has 3 aromatic rings. The summed E-state index contributed by atoms with van der Waals surface area (Å²) in [4.78, 5) is 23.6. The topological polar surface area (TPSA) is 74.6 Å². The van der Waals surface area contributed by atoms with E-state index in [4.69, 9.17) is 13.6 Å². The summed E-state index contributed by atoms with van der Waals surface area (Å²) in [5.41, 5.74) is 1.18. The molecule has 0 unspecified atom stereocenters. The van der Waals surface area contributed by atoms with Gasteiger partial charge >= 0.3 is 11.7 Å². The Labute approximate surface area is 129 Å². The van der Waals surface area contributed by atoms with Gasteiger partial charge < -0.3 is 13.6 Å². The Hall–Kier alpha value is -2.41. The van der Waals surface area contributed by atoms with Crippen molar-refractivity contribution in [2.45, 2.75) is 11.6 Å². The van der Waals surface area contributed by atoms with Crippen LogP contribution >= 0.6 is 11.8 Å². The van der Waals surface area contributed by atoms with E-state index in [1.165, 1.54) is 16.3 Å². The predicted octanol–water partition coefficient (Wildman–Crippen LogP) is 2.77. The van der Waals surface area contributed by atoms with Gasteiger partial charge in [-0.05, 0) is 30.5 Å².